The van der Waals surface area contributed by atoms with Gasteiger partial charge in [-0.3, -0.25) is 4.79 Å². The third-order valence-electron chi connectivity index (χ3n) is 2.79. The Morgan fingerprint density at radius 1 is 1.38 bits per heavy atom. The standard InChI is InChI=1S/C15H14ClN3OS/c1-8(2)19-15-11(7-17)12(18)14(21-15)13(20)9-3-5-10(16)6-4-9/h3-6,8,19H,18H2,1-2H3. The summed E-state index contributed by atoms with van der Waals surface area (Å²) in [5.41, 5.74) is 7.01. The van der Waals surface area contributed by atoms with Crippen LogP contribution in [0, 0.1) is 11.3 Å². The Balaban J connectivity index is 2.44. The van der Waals surface area contributed by atoms with Gasteiger partial charge >= 0.3 is 0 Å². The van der Waals surface area contributed by atoms with Gasteiger partial charge in [0.15, 0.2) is 0 Å². The SMILES string of the molecule is CC(C)Nc1sc(C(=O)c2ccc(Cl)cc2)c(N)c1C#N. The maximum atomic E-state index is 12.5. The quantitative estimate of drug-likeness (QED) is 0.837. The number of rotatable bonds is 4. The summed E-state index contributed by atoms with van der Waals surface area (Å²) in [5, 5.41) is 13.6. The van der Waals surface area contributed by atoms with E-state index in [0.717, 1.165) is 0 Å². The second-order valence-electron chi connectivity index (χ2n) is 4.80. The number of thiophene rings is 1. The molecule has 1 aromatic carbocycles. The lowest BCUT2D eigenvalue weighted by atomic mass is 10.1. The molecule has 0 unspecified atom stereocenters. The van der Waals surface area contributed by atoms with Crippen molar-refractivity contribution >= 4 is 39.4 Å². The Bertz CT molecular complexity index is 714. The third-order valence-corrected chi connectivity index (χ3v) is 4.18. The van der Waals surface area contributed by atoms with E-state index in [1.165, 1.54) is 11.3 Å². The van der Waals surface area contributed by atoms with E-state index >= 15 is 0 Å². The van der Waals surface area contributed by atoms with Gasteiger partial charge in [-0.2, -0.15) is 5.26 Å². The molecule has 1 aromatic heterocycles. The van der Waals surface area contributed by atoms with Crippen molar-refractivity contribution in [3.8, 4) is 6.07 Å². The summed E-state index contributed by atoms with van der Waals surface area (Å²) in [6, 6.07) is 8.79. The summed E-state index contributed by atoms with van der Waals surface area (Å²) in [4.78, 5) is 12.9. The van der Waals surface area contributed by atoms with Gasteiger partial charge in [0.2, 0.25) is 5.78 Å². The number of benzene rings is 1. The van der Waals surface area contributed by atoms with Gasteiger partial charge in [0.25, 0.3) is 0 Å². The second-order valence-corrected chi connectivity index (χ2v) is 6.25. The van der Waals surface area contributed by atoms with E-state index in [2.05, 4.69) is 11.4 Å². The lowest BCUT2D eigenvalue weighted by Gasteiger charge is -2.06. The average molecular weight is 320 g/mol. The summed E-state index contributed by atoms with van der Waals surface area (Å²) in [6.07, 6.45) is 0. The average Bonchev–Trinajstić information content (AvgIpc) is 2.74. The molecule has 108 valence electrons. The van der Waals surface area contributed by atoms with Gasteiger partial charge in [-0.15, -0.1) is 11.3 Å². The van der Waals surface area contributed by atoms with E-state index in [4.69, 9.17) is 17.3 Å². The Morgan fingerprint density at radius 2 is 2.00 bits per heavy atom. The molecule has 0 aliphatic carbocycles. The van der Waals surface area contributed by atoms with Crippen LogP contribution in [0.3, 0.4) is 0 Å². The van der Waals surface area contributed by atoms with Gasteiger partial charge < -0.3 is 11.1 Å². The number of nitrogen functional groups attached to an aromatic ring is 1. The number of nitrogens with one attached hydrogen (secondary N) is 1. The molecule has 0 spiro atoms. The summed E-state index contributed by atoms with van der Waals surface area (Å²) >= 11 is 7.02. The number of hydrogen-bond donors (Lipinski definition) is 2. The molecule has 2 aromatic rings. The van der Waals surface area contributed by atoms with Crippen LogP contribution in [0.4, 0.5) is 10.7 Å². The maximum absolute atomic E-state index is 12.5. The molecule has 0 saturated carbocycles. The fourth-order valence-electron chi connectivity index (χ4n) is 1.82. The largest absolute Gasteiger partial charge is 0.396 e. The highest BCUT2D eigenvalue weighted by molar-refractivity contribution is 7.19. The van der Waals surface area contributed by atoms with Crippen LogP contribution < -0.4 is 11.1 Å². The minimum absolute atomic E-state index is 0.147. The molecule has 2 rings (SSSR count). The lowest BCUT2D eigenvalue weighted by Crippen LogP contribution is -2.09. The normalized spacial score (nSPS) is 10.4. The second kappa shape index (κ2) is 6.17. The molecular weight excluding hydrogens is 306 g/mol. The van der Waals surface area contributed by atoms with E-state index in [0.29, 0.717) is 26.0 Å². The molecule has 21 heavy (non-hydrogen) atoms. The van der Waals surface area contributed by atoms with Crippen LogP contribution in [0.5, 0.6) is 0 Å². The molecule has 4 nitrogen and oxygen atoms in total. The van der Waals surface area contributed by atoms with Crippen molar-refractivity contribution in [1.82, 2.24) is 0 Å². The van der Waals surface area contributed by atoms with Crippen molar-refractivity contribution in [2.75, 3.05) is 11.1 Å². The number of anilines is 2. The van der Waals surface area contributed by atoms with Crippen LogP contribution in [0.2, 0.25) is 5.02 Å². The Labute approximate surface area is 132 Å². The molecule has 0 radical (unpaired) electrons. The van der Waals surface area contributed by atoms with Gasteiger partial charge in [0, 0.05) is 16.6 Å². The molecule has 6 heteroatoms. The lowest BCUT2D eigenvalue weighted by molar-refractivity contribution is 0.104. The predicted octanol–water partition coefficient (Wildman–Crippen LogP) is 3.91. The Morgan fingerprint density at radius 3 is 2.52 bits per heavy atom. The van der Waals surface area contributed by atoms with E-state index in [-0.39, 0.29) is 17.5 Å². The van der Waals surface area contributed by atoms with Crippen LogP contribution in [0.15, 0.2) is 24.3 Å². The first-order chi connectivity index (χ1) is 9.93. The molecule has 0 aliphatic heterocycles. The zero-order chi connectivity index (χ0) is 15.6. The van der Waals surface area contributed by atoms with E-state index in [9.17, 15) is 10.1 Å². The first-order valence-corrected chi connectivity index (χ1v) is 7.52. The smallest absolute Gasteiger partial charge is 0.205 e. The fourth-order valence-corrected chi connectivity index (χ4v) is 3.12. The number of carbonyl (C=O) groups excluding carboxylic acids is 1. The molecule has 0 atom stereocenters. The number of nitrogens with zero attached hydrogens (tertiary/aromatic N) is 1. The molecule has 0 saturated heterocycles. The number of nitriles is 1. The predicted molar refractivity (Wildman–Crippen MR) is 87.1 cm³/mol. The van der Waals surface area contributed by atoms with Crippen molar-refractivity contribution in [1.29, 1.82) is 5.26 Å². The number of nitrogens with two attached hydrogens (primary N) is 1. The minimum atomic E-state index is -0.206. The van der Waals surface area contributed by atoms with Crippen LogP contribution in [0.1, 0.15) is 34.6 Å². The van der Waals surface area contributed by atoms with Crippen molar-refractivity contribution in [3.63, 3.8) is 0 Å². The molecule has 1 heterocycles. The number of halogens is 1. The van der Waals surface area contributed by atoms with Gasteiger partial charge in [0.05, 0.1) is 5.69 Å². The van der Waals surface area contributed by atoms with E-state index in [1.807, 2.05) is 13.8 Å². The highest BCUT2D eigenvalue weighted by Crippen LogP contribution is 2.37. The molecular formula is C15H14ClN3OS. The molecule has 3 N–H and O–H groups in total. The minimum Gasteiger partial charge on any atom is -0.396 e. The summed E-state index contributed by atoms with van der Waals surface area (Å²) in [5.74, 6) is -0.206. The maximum Gasteiger partial charge on any atom is 0.205 e. The van der Waals surface area contributed by atoms with Crippen molar-refractivity contribution in [2.45, 2.75) is 19.9 Å². The highest BCUT2D eigenvalue weighted by atomic mass is 35.5. The zero-order valence-electron chi connectivity index (χ0n) is 11.6. The van der Waals surface area contributed by atoms with Crippen LogP contribution >= 0.6 is 22.9 Å². The number of carbonyl (C=O) groups is 1. The van der Waals surface area contributed by atoms with Crippen LogP contribution in [-0.2, 0) is 0 Å². The molecule has 0 aliphatic rings. The Kier molecular flexibility index (Phi) is 4.51. The number of ketones is 1. The first-order valence-electron chi connectivity index (χ1n) is 6.33. The topological polar surface area (TPSA) is 78.9 Å². The zero-order valence-corrected chi connectivity index (χ0v) is 13.2. The van der Waals surface area contributed by atoms with Gasteiger partial charge in [-0.05, 0) is 38.1 Å². The van der Waals surface area contributed by atoms with Crippen LogP contribution in [0.25, 0.3) is 0 Å². The first kappa shape index (κ1) is 15.4. The highest BCUT2D eigenvalue weighted by Gasteiger charge is 2.22. The summed E-state index contributed by atoms with van der Waals surface area (Å²) in [6.45, 7) is 3.91. The summed E-state index contributed by atoms with van der Waals surface area (Å²) in [7, 11) is 0. The van der Waals surface area contributed by atoms with E-state index in [1.54, 1.807) is 24.3 Å². The molecule has 0 amide bonds. The van der Waals surface area contributed by atoms with Gasteiger partial charge in [-0.1, -0.05) is 11.6 Å². The Hall–Kier alpha value is -2.03. The van der Waals surface area contributed by atoms with Crippen molar-refractivity contribution < 1.29 is 4.79 Å². The van der Waals surface area contributed by atoms with E-state index < -0.39 is 0 Å². The number of hydrogen-bond acceptors (Lipinski definition) is 5. The third kappa shape index (κ3) is 3.18. The van der Waals surface area contributed by atoms with Crippen molar-refractivity contribution in [2.24, 2.45) is 0 Å². The van der Waals surface area contributed by atoms with Gasteiger partial charge in [-0.25, -0.2) is 0 Å². The monoisotopic (exact) mass is 319 g/mol. The van der Waals surface area contributed by atoms with Crippen LogP contribution in [-0.4, -0.2) is 11.8 Å². The molecule has 0 bridgehead atoms. The summed E-state index contributed by atoms with van der Waals surface area (Å²) < 4.78 is 0. The molecule has 0 fully saturated rings. The van der Waals surface area contributed by atoms with Crippen molar-refractivity contribution in [3.05, 3.63) is 45.3 Å². The van der Waals surface area contributed by atoms with Gasteiger partial charge in [0.1, 0.15) is 21.5 Å². The fraction of sp³-hybridized carbons (Fsp3) is 0.200.